The maximum Gasteiger partial charge on any atom is 0.0335 e. The lowest BCUT2D eigenvalue weighted by Crippen LogP contribution is -2.71. The summed E-state index contributed by atoms with van der Waals surface area (Å²) in [5.74, 6) is 1.03. The Labute approximate surface area is 131 Å². The Hall–Kier alpha value is -0.0800. The third kappa shape index (κ3) is 2.79. The highest BCUT2D eigenvalue weighted by Gasteiger charge is 2.48. The van der Waals surface area contributed by atoms with E-state index >= 15 is 0 Å². The van der Waals surface area contributed by atoms with E-state index in [1.807, 2.05) is 0 Å². The second kappa shape index (κ2) is 5.85. The molecule has 3 saturated carbocycles. The first-order valence-corrected chi connectivity index (χ1v) is 9.81. The first-order chi connectivity index (χ1) is 10.3. The first-order valence-electron chi connectivity index (χ1n) is 9.81. The number of nitrogens with one attached hydrogen (secondary N) is 1. The van der Waals surface area contributed by atoms with Gasteiger partial charge in [0.15, 0.2) is 0 Å². The van der Waals surface area contributed by atoms with Gasteiger partial charge < -0.3 is 5.32 Å². The summed E-state index contributed by atoms with van der Waals surface area (Å²) in [6, 6.07) is 0. The van der Waals surface area contributed by atoms with Gasteiger partial charge in [0.2, 0.25) is 0 Å². The summed E-state index contributed by atoms with van der Waals surface area (Å²) in [6.07, 6.45) is 19.1. The molecule has 120 valence electrons. The minimum atomic E-state index is 0.491. The van der Waals surface area contributed by atoms with Gasteiger partial charge in [0, 0.05) is 30.7 Å². The van der Waals surface area contributed by atoms with Crippen LogP contribution in [0.1, 0.15) is 83.5 Å². The van der Waals surface area contributed by atoms with E-state index in [4.69, 9.17) is 0 Å². The van der Waals surface area contributed by atoms with E-state index in [0.29, 0.717) is 11.1 Å². The van der Waals surface area contributed by atoms with Gasteiger partial charge >= 0.3 is 0 Å². The number of hydrogen-bond acceptors (Lipinski definition) is 2. The number of rotatable bonds is 2. The third-order valence-electron chi connectivity index (χ3n) is 7.26. The molecule has 0 aromatic carbocycles. The van der Waals surface area contributed by atoms with E-state index in [2.05, 4.69) is 10.2 Å². The van der Waals surface area contributed by atoms with Gasteiger partial charge in [0.05, 0.1) is 0 Å². The van der Waals surface area contributed by atoms with Gasteiger partial charge in [-0.05, 0) is 44.4 Å². The zero-order chi connectivity index (χ0) is 14.2. The van der Waals surface area contributed by atoms with Crippen LogP contribution in [0.15, 0.2) is 0 Å². The molecule has 1 saturated heterocycles. The molecule has 21 heavy (non-hydrogen) atoms. The van der Waals surface area contributed by atoms with Crippen molar-refractivity contribution in [2.24, 2.45) is 5.92 Å². The third-order valence-corrected chi connectivity index (χ3v) is 7.26. The Morgan fingerprint density at radius 2 is 1.48 bits per heavy atom. The fraction of sp³-hybridized carbons (Fsp3) is 1.00. The Bertz CT molecular complexity index is 349. The quantitative estimate of drug-likeness (QED) is 0.824. The van der Waals surface area contributed by atoms with Crippen molar-refractivity contribution in [1.29, 1.82) is 0 Å². The van der Waals surface area contributed by atoms with Crippen LogP contribution in [0.2, 0.25) is 0 Å². The van der Waals surface area contributed by atoms with Gasteiger partial charge in [-0.2, -0.15) is 0 Å². The van der Waals surface area contributed by atoms with Crippen LogP contribution in [0.4, 0.5) is 0 Å². The molecule has 1 heterocycles. The first kappa shape index (κ1) is 14.5. The largest absolute Gasteiger partial charge is 0.308 e. The van der Waals surface area contributed by atoms with Crippen LogP contribution >= 0.6 is 0 Å². The summed E-state index contributed by atoms with van der Waals surface area (Å²) in [6.45, 7) is 4.08. The molecular weight excluding hydrogens is 256 g/mol. The van der Waals surface area contributed by atoms with Crippen LogP contribution < -0.4 is 5.32 Å². The van der Waals surface area contributed by atoms with Crippen molar-refractivity contribution in [3.8, 4) is 0 Å². The highest BCUT2D eigenvalue weighted by atomic mass is 15.3. The lowest BCUT2D eigenvalue weighted by atomic mass is 9.71. The van der Waals surface area contributed by atoms with E-state index in [-0.39, 0.29) is 0 Å². The molecule has 1 N–H and O–H groups in total. The van der Waals surface area contributed by atoms with E-state index < -0.39 is 0 Å². The SMILES string of the molecule is C1CCC2(CC1)CN(CC1CCC1)C1(CCCCC1)CN2. The van der Waals surface area contributed by atoms with Crippen molar-refractivity contribution in [2.45, 2.75) is 94.5 Å². The second-order valence-electron chi connectivity index (χ2n) is 8.66. The van der Waals surface area contributed by atoms with E-state index in [1.54, 1.807) is 0 Å². The molecule has 4 rings (SSSR count). The van der Waals surface area contributed by atoms with Crippen molar-refractivity contribution in [3.05, 3.63) is 0 Å². The number of nitrogens with zero attached hydrogens (tertiary/aromatic N) is 1. The van der Waals surface area contributed by atoms with Gasteiger partial charge in [-0.1, -0.05) is 44.9 Å². The van der Waals surface area contributed by atoms with Crippen LogP contribution in [0.25, 0.3) is 0 Å². The molecule has 3 aliphatic carbocycles. The van der Waals surface area contributed by atoms with Crippen molar-refractivity contribution >= 4 is 0 Å². The topological polar surface area (TPSA) is 15.3 Å². The average Bonchev–Trinajstić information content (AvgIpc) is 2.49. The Balaban J connectivity index is 1.51. The van der Waals surface area contributed by atoms with Crippen LogP contribution in [-0.2, 0) is 0 Å². The fourth-order valence-electron chi connectivity index (χ4n) is 5.56. The summed E-state index contributed by atoms with van der Waals surface area (Å²) in [7, 11) is 0. The van der Waals surface area contributed by atoms with Crippen molar-refractivity contribution in [3.63, 3.8) is 0 Å². The molecule has 4 aliphatic rings. The molecule has 2 heteroatoms. The van der Waals surface area contributed by atoms with Gasteiger partial charge in [-0.15, -0.1) is 0 Å². The molecule has 0 aromatic rings. The van der Waals surface area contributed by atoms with E-state index in [0.717, 1.165) is 5.92 Å². The van der Waals surface area contributed by atoms with Crippen molar-refractivity contribution < 1.29 is 0 Å². The van der Waals surface area contributed by atoms with Gasteiger partial charge in [-0.25, -0.2) is 0 Å². The maximum atomic E-state index is 4.09. The zero-order valence-corrected chi connectivity index (χ0v) is 13.8. The Kier molecular flexibility index (Phi) is 4.04. The minimum absolute atomic E-state index is 0.491. The van der Waals surface area contributed by atoms with Crippen LogP contribution in [0.3, 0.4) is 0 Å². The molecule has 2 nitrogen and oxygen atoms in total. The lowest BCUT2D eigenvalue weighted by molar-refractivity contribution is -0.0444. The molecule has 0 unspecified atom stereocenters. The fourth-order valence-corrected chi connectivity index (χ4v) is 5.56. The monoisotopic (exact) mass is 290 g/mol. The Morgan fingerprint density at radius 3 is 2.10 bits per heavy atom. The van der Waals surface area contributed by atoms with Crippen LogP contribution in [0.5, 0.6) is 0 Å². The second-order valence-corrected chi connectivity index (χ2v) is 8.66. The predicted octanol–water partition coefficient (Wildman–Crippen LogP) is 4.10. The predicted molar refractivity (Wildman–Crippen MR) is 88.5 cm³/mol. The van der Waals surface area contributed by atoms with Crippen molar-refractivity contribution in [2.75, 3.05) is 19.6 Å². The molecule has 2 spiro atoms. The highest BCUT2D eigenvalue weighted by molar-refractivity contribution is 5.07. The molecule has 4 fully saturated rings. The minimum Gasteiger partial charge on any atom is -0.308 e. The smallest absolute Gasteiger partial charge is 0.0335 e. The summed E-state index contributed by atoms with van der Waals surface area (Å²) in [4.78, 5) is 3.01. The van der Waals surface area contributed by atoms with E-state index in [1.165, 1.54) is 103 Å². The molecule has 0 bridgehead atoms. The molecule has 0 atom stereocenters. The van der Waals surface area contributed by atoms with Gasteiger partial charge in [-0.3, -0.25) is 4.90 Å². The summed E-state index contributed by atoms with van der Waals surface area (Å²) in [5.41, 5.74) is 1.03. The van der Waals surface area contributed by atoms with Gasteiger partial charge in [0.25, 0.3) is 0 Å². The number of hydrogen-bond donors (Lipinski definition) is 1. The van der Waals surface area contributed by atoms with Gasteiger partial charge in [0.1, 0.15) is 0 Å². The highest BCUT2D eigenvalue weighted by Crippen LogP contribution is 2.42. The Morgan fingerprint density at radius 1 is 0.810 bits per heavy atom. The van der Waals surface area contributed by atoms with Crippen LogP contribution in [0, 0.1) is 5.92 Å². The summed E-state index contributed by atoms with van der Waals surface area (Å²) < 4.78 is 0. The molecule has 1 aliphatic heterocycles. The summed E-state index contributed by atoms with van der Waals surface area (Å²) >= 11 is 0. The standard InChI is InChI=1S/C19H34N2/c1-3-10-18(11-4-1)16-21(14-17-8-7-9-17)19(15-20-18)12-5-2-6-13-19/h17,20H,1-16H2. The average molecular weight is 290 g/mol. The maximum absolute atomic E-state index is 4.09. The number of piperazine rings is 1. The normalized spacial score (nSPS) is 33.1. The molecular formula is C19H34N2. The molecule has 0 radical (unpaired) electrons. The zero-order valence-electron chi connectivity index (χ0n) is 13.8. The summed E-state index contributed by atoms with van der Waals surface area (Å²) in [5, 5.41) is 4.09. The van der Waals surface area contributed by atoms with E-state index in [9.17, 15) is 0 Å². The molecule has 0 amide bonds. The van der Waals surface area contributed by atoms with Crippen LogP contribution in [-0.4, -0.2) is 35.6 Å². The molecule has 0 aromatic heterocycles. The lowest BCUT2D eigenvalue weighted by Gasteiger charge is -2.58. The van der Waals surface area contributed by atoms with Crippen molar-refractivity contribution in [1.82, 2.24) is 10.2 Å².